The predicted octanol–water partition coefficient (Wildman–Crippen LogP) is 3.34. The molecule has 136 valence electrons. The van der Waals surface area contributed by atoms with Crippen LogP contribution in [0, 0.1) is 13.8 Å². The molecule has 2 aromatic heterocycles. The van der Waals surface area contributed by atoms with Gasteiger partial charge < -0.3 is 10.3 Å². The smallest absolute Gasteiger partial charge is 0.217 e. The molecule has 2 heterocycles. The maximum Gasteiger partial charge on any atom is 0.217 e. The van der Waals surface area contributed by atoms with Gasteiger partial charge in [0.15, 0.2) is 5.16 Å². The van der Waals surface area contributed by atoms with Gasteiger partial charge in [0.05, 0.1) is 5.52 Å². The molecule has 0 aliphatic rings. The number of aryl methyl sites for hydroxylation is 3. The minimum absolute atomic E-state index is 0.260. The lowest BCUT2D eigenvalue weighted by Gasteiger charge is -2.09. The van der Waals surface area contributed by atoms with Crippen LogP contribution in [0.5, 0.6) is 0 Å². The Balaban J connectivity index is 1.79. The highest BCUT2D eigenvalue weighted by Crippen LogP contribution is 2.29. The highest BCUT2D eigenvalue weighted by molar-refractivity contribution is 7.98. The number of aromatic nitrogens is 4. The number of halogens is 1. The SMILES string of the molecule is Cc1ccc2cc(CSc3nnc(CCC(N)=O)n3C)c(Cl)nc2c1C. The van der Waals surface area contributed by atoms with E-state index in [4.69, 9.17) is 17.3 Å². The minimum Gasteiger partial charge on any atom is -0.370 e. The summed E-state index contributed by atoms with van der Waals surface area (Å²) in [7, 11) is 1.88. The first-order valence-electron chi connectivity index (χ1n) is 8.21. The molecular weight excluding hydrogens is 370 g/mol. The summed E-state index contributed by atoms with van der Waals surface area (Å²) in [6, 6.07) is 6.24. The normalized spacial score (nSPS) is 11.2. The van der Waals surface area contributed by atoms with Crippen molar-refractivity contribution in [1.82, 2.24) is 19.7 Å². The zero-order chi connectivity index (χ0) is 18.8. The van der Waals surface area contributed by atoms with Crippen LogP contribution in [0.25, 0.3) is 10.9 Å². The van der Waals surface area contributed by atoms with Crippen molar-refractivity contribution in [2.45, 2.75) is 37.6 Å². The molecule has 26 heavy (non-hydrogen) atoms. The summed E-state index contributed by atoms with van der Waals surface area (Å²) >= 11 is 7.94. The molecule has 1 aromatic carbocycles. The Morgan fingerprint density at radius 2 is 2.08 bits per heavy atom. The monoisotopic (exact) mass is 389 g/mol. The van der Waals surface area contributed by atoms with Crippen LogP contribution in [0.3, 0.4) is 0 Å². The van der Waals surface area contributed by atoms with Gasteiger partial charge in [-0.15, -0.1) is 10.2 Å². The third-order valence-electron chi connectivity index (χ3n) is 4.41. The van der Waals surface area contributed by atoms with Crippen molar-refractivity contribution in [3.8, 4) is 0 Å². The summed E-state index contributed by atoms with van der Waals surface area (Å²) in [5, 5.41) is 10.7. The maximum absolute atomic E-state index is 10.9. The number of primary amides is 1. The van der Waals surface area contributed by atoms with E-state index in [1.165, 1.54) is 17.3 Å². The number of carbonyl (C=O) groups is 1. The number of fused-ring (bicyclic) bond motifs is 1. The molecule has 0 aliphatic carbocycles. The Morgan fingerprint density at radius 1 is 1.31 bits per heavy atom. The van der Waals surface area contributed by atoms with E-state index in [2.05, 4.69) is 47.2 Å². The summed E-state index contributed by atoms with van der Waals surface area (Å²) in [6.45, 7) is 4.13. The fourth-order valence-electron chi connectivity index (χ4n) is 2.67. The van der Waals surface area contributed by atoms with Crippen molar-refractivity contribution in [3.05, 3.63) is 45.9 Å². The van der Waals surface area contributed by atoms with E-state index < -0.39 is 0 Å². The van der Waals surface area contributed by atoms with Crippen LogP contribution < -0.4 is 5.73 Å². The molecule has 0 aliphatic heterocycles. The lowest BCUT2D eigenvalue weighted by Crippen LogP contribution is -2.12. The molecule has 2 N–H and O–H groups in total. The highest BCUT2D eigenvalue weighted by Gasteiger charge is 2.13. The second-order valence-corrected chi connectivity index (χ2v) is 7.53. The number of nitrogens with two attached hydrogens (primary N) is 1. The first kappa shape index (κ1) is 18.7. The zero-order valence-electron chi connectivity index (χ0n) is 14.9. The highest BCUT2D eigenvalue weighted by atomic mass is 35.5. The van der Waals surface area contributed by atoms with E-state index in [0.29, 0.717) is 17.3 Å². The standard InChI is InChI=1S/C18H20ClN5OS/c1-10-4-5-12-8-13(17(19)21-16(12)11(10)2)9-26-18-23-22-15(24(18)3)7-6-14(20)25/h4-5,8H,6-7,9H2,1-3H3,(H2,20,25). The van der Waals surface area contributed by atoms with E-state index in [-0.39, 0.29) is 12.3 Å². The quantitative estimate of drug-likeness (QED) is 0.516. The largest absolute Gasteiger partial charge is 0.370 e. The Morgan fingerprint density at radius 3 is 2.81 bits per heavy atom. The number of amides is 1. The number of carbonyl (C=O) groups excluding carboxylic acids is 1. The first-order chi connectivity index (χ1) is 12.4. The fraction of sp³-hybridized carbons (Fsp3) is 0.333. The molecule has 0 saturated heterocycles. The number of benzene rings is 1. The summed E-state index contributed by atoms with van der Waals surface area (Å²) < 4.78 is 1.88. The van der Waals surface area contributed by atoms with Gasteiger partial charge in [-0.2, -0.15) is 0 Å². The van der Waals surface area contributed by atoms with Crippen molar-refractivity contribution in [3.63, 3.8) is 0 Å². The number of rotatable bonds is 6. The average Bonchev–Trinajstić information content (AvgIpc) is 2.95. The first-order valence-corrected chi connectivity index (χ1v) is 9.58. The molecular formula is C18H20ClN5OS. The Labute approximate surface area is 161 Å². The Kier molecular flexibility index (Phi) is 5.48. The average molecular weight is 390 g/mol. The number of thioether (sulfide) groups is 1. The van der Waals surface area contributed by atoms with Crippen molar-refractivity contribution in [1.29, 1.82) is 0 Å². The molecule has 0 unspecified atom stereocenters. The van der Waals surface area contributed by atoms with Gasteiger partial charge in [0, 0.05) is 36.6 Å². The molecule has 0 atom stereocenters. The number of pyridine rings is 1. The van der Waals surface area contributed by atoms with E-state index in [1.54, 1.807) is 0 Å². The third kappa shape index (κ3) is 3.83. The summed E-state index contributed by atoms with van der Waals surface area (Å²) in [4.78, 5) is 15.5. The molecule has 0 fully saturated rings. The topological polar surface area (TPSA) is 86.7 Å². The minimum atomic E-state index is -0.346. The van der Waals surface area contributed by atoms with Crippen LogP contribution in [-0.2, 0) is 24.0 Å². The molecule has 0 spiro atoms. The van der Waals surface area contributed by atoms with Crippen molar-refractivity contribution >= 4 is 40.2 Å². The molecule has 3 rings (SSSR count). The van der Waals surface area contributed by atoms with E-state index in [1.807, 2.05) is 11.6 Å². The Hall–Kier alpha value is -2.12. The van der Waals surface area contributed by atoms with Crippen LogP contribution in [0.2, 0.25) is 5.15 Å². The van der Waals surface area contributed by atoms with Crippen molar-refractivity contribution in [2.24, 2.45) is 12.8 Å². The van der Waals surface area contributed by atoms with Gasteiger partial charge >= 0.3 is 0 Å². The molecule has 3 aromatic rings. The van der Waals surface area contributed by atoms with Gasteiger partial charge in [-0.25, -0.2) is 4.98 Å². The summed E-state index contributed by atoms with van der Waals surface area (Å²) in [5.74, 6) is 1.03. The van der Waals surface area contributed by atoms with E-state index in [9.17, 15) is 4.79 Å². The fourth-order valence-corrected chi connectivity index (χ4v) is 3.86. The summed E-state index contributed by atoms with van der Waals surface area (Å²) in [6.07, 6.45) is 0.742. The van der Waals surface area contributed by atoms with Crippen LogP contribution in [0.1, 0.15) is 28.9 Å². The molecule has 8 heteroatoms. The second-order valence-electron chi connectivity index (χ2n) is 6.23. The van der Waals surface area contributed by atoms with Crippen molar-refractivity contribution in [2.75, 3.05) is 0 Å². The zero-order valence-corrected chi connectivity index (χ0v) is 16.5. The molecule has 0 saturated carbocycles. The number of hydrogen-bond donors (Lipinski definition) is 1. The van der Waals surface area contributed by atoms with Gasteiger partial charge in [0.1, 0.15) is 11.0 Å². The maximum atomic E-state index is 10.9. The van der Waals surface area contributed by atoms with E-state index >= 15 is 0 Å². The van der Waals surface area contributed by atoms with Gasteiger partial charge in [0.2, 0.25) is 5.91 Å². The predicted molar refractivity (Wildman–Crippen MR) is 104 cm³/mol. The van der Waals surface area contributed by atoms with Gasteiger partial charge in [-0.1, -0.05) is 35.5 Å². The lowest BCUT2D eigenvalue weighted by atomic mass is 10.0. The van der Waals surface area contributed by atoms with Gasteiger partial charge in [0.25, 0.3) is 0 Å². The van der Waals surface area contributed by atoms with Crippen LogP contribution in [0.15, 0.2) is 23.4 Å². The van der Waals surface area contributed by atoms with Crippen LogP contribution >= 0.6 is 23.4 Å². The van der Waals surface area contributed by atoms with Crippen molar-refractivity contribution < 1.29 is 4.79 Å². The van der Waals surface area contributed by atoms with Gasteiger partial charge in [-0.05, 0) is 31.0 Å². The number of hydrogen-bond acceptors (Lipinski definition) is 5. The van der Waals surface area contributed by atoms with E-state index in [0.717, 1.165) is 33.0 Å². The molecule has 1 amide bonds. The summed E-state index contributed by atoms with van der Waals surface area (Å²) in [5.41, 5.74) is 9.43. The van der Waals surface area contributed by atoms with Gasteiger partial charge in [-0.3, -0.25) is 4.79 Å². The van der Waals surface area contributed by atoms with Crippen LogP contribution in [-0.4, -0.2) is 25.7 Å². The molecule has 6 nitrogen and oxygen atoms in total. The second kappa shape index (κ2) is 7.63. The molecule has 0 radical (unpaired) electrons. The van der Waals surface area contributed by atoms with Crippen LogP contribution in [0.4, 0.5) is 0 Å². The third-order valence-corrected chi connectivity index (χ3v) is 5.81. The number of nitrogens with zero attached hydrogens (tertiary/aromatic N) is 4. The Bertz CT molecular complexity index is 985. The lowest BCUT2D eigenvalue weighted by molar-refractivity contribution is -0.118. The molecule has 0 bridgehead atoms.